The van der Waals surface area contributed by atoms with Gasteiger partial charge in [0.15, 0.2) is 0 Å². The van der Waals surface area contributed by atoms with Crippen LogP contribution >= 0.6 is 0 Å². The van der Waals surface area contributed by atoms with Crippen LogP contribution in [0.5, 0.6) is 5.75 Å². The average Bonchev–Trinajstić information content (AvgIpc) is 3.27. The fourth-order valence-electron chi connectivity index (χ4n) is 4.57. The van der Waals surface area contributed by atoms with E-state index in [-0.39, 0.29) is 27.5 Å². The van der Waals surface area contributed by atoms with E-state index in [0.29, 0.717) is 25.1 Å². The minimum Gasteiger partial charge on any atom is -0.492 e. The van der Waals surface area contributed by atoms with Crippen molar-refractivity contribution in [3.8, 4) is 5.75 Å². The standard InChI is InChI=1S/C25H32FN3O4S/c1-2-3-12-33-23-14-19(26)6-9-24(23)34(31,32)20-7-4-17(5-8-20)15-28-25(30)22-13-18-16-27-11-10-21(18)29-22/h4-9,14,18,21-22,27,29H,2-3,10-13,15-16H2,1H3,(H,28,30). The minimum atomic E-state index is -3.89. The van der Waals surface area contributed by atoms with E-state index in [1.165, 1.54) is 18.2 Å². The van der Waals surface area contributed by atoms with Crippen LogP contribution in [0.2, 0.25) is 0 Å². The molecule has 0 aromatic heterocycles. The molecule has 3 N–H and O–H groups in total. The summed E-state index contributed by atoms with van der Waals surface area (Å²) in [6, 6.07) is 10.0. The van der Waals surface area contributed by atoms with Gasteiger partial charge in [0.1, 0.15) is 16.5 Å². The van der Waals surface area contributed by atoms with Gasteiger partial charge in [-0.15, -0.1) is 0 Å². The first-order valence-corrected chi connectivity index (χ1v) is 13.4. The number of sulfone groups is 1. The van der Waals surface area contributed by atoms with E-state index in [9.17, 15) is 17.6 Å². The third-order valence-electron chi connectivity index (χ3n) is 6.53. The summed E-state index contributed by atoms with van der Waals surface area (Å²) in [6.45, 7) is 4.53. The van der Waals surface area contributed by atoms with Gasteiger partial charge in [-0.25, -0.2) is 12.8 Å². The smallest absolute Gasteiger partial charge is 0.237 e. The summed E-state index contributed by atoms with van der Waals surface area (Å²) < 4.78 is 45.7. The number of carbonyl (C=O) groups is 1. The van der Waals surface area contributed by atoms with E-state index in [1.807, 2.05) is 6.92 Å². The Morgan fingerprint density at radius 2 is 2.00 bits per heavy atom. The topological polar surface area (TPSA) is 96.5 Å². The third-order valence-corrected chi connectivity index (χ3v) is 8.34. The molecular weight excluding hydrogens is 457 g/mol. The summed E-state index contributed by atoms with van der Waals surface area (Å²) in [7, 11) is -3.89. The largest absolute Gasteiger partial charge is 0.492 e. The number of halogens is 1. The number of nitrogens with one attached hydrogen (secondary N) is 3. The zero-order chi connectivity index (χ0) is 24.1. The lowest BCUT2D eigenvalue weighted by molar-refractivity contribution is -0.123. The van der Waals surface area contributed by atoms with E-state index >= 15 is 0 Å². The molecule has 2 heterocycles. The number of hydrogen-bond donors (Lipinski definition) is 3. The van der Waals surface area contributed by atoms with Crippen molar-refractivity contribution in [2.75, 3.05) is 19.7 Å². The maximum absolute atomic E-state index is 13.7. The first-order valence-electron chi connectivity index (χ1n) is 11.9. The van der Waals surface area contributed by atoms with Gasteiger partial charge in [0.05, 0.1) is 17.5 Å². The summed E-state index contributed by atoms with van der Waals surface area (Å²) in [6.07, 6.45) is 3.47. The lowest BCUT2D eigenvalue weighted by Crippen LogP contribution is -2.45. The monoisotopic (exact) mass is 489 g/mol. The Hall–Kier alpha value is -2.49. The Morgan fingerprint density at radius 1 is 1.21 bits per heavy atom. The molecule has 2 aromatic carbocycles. The summed E-state index contributed by atoms with van der Waals surface area (Å²) in [4.78, 5) is 12.6. The predicted octanol–water partition coefficient (Wildman–Crippen LogP) is 2.79. The summed E-state index contributed by atoms with van der Waals surface area (Å²) >= 11 is 0. The minimum absolute atomic E-state index is 0.0182. The number of rotatable bonds is 9. The molecule has 2 saturated heterocycles. The molecule has 1 amide bonds. The number of ether oxygens (including phenoxy) is 1. The van der Waals surface area contributed by atoms with E-state index in [0.717, 1.165) is 56.5 Å². The van der Waals surface area contributed by atoms with Crippen LogP contribution < -0.4 is 20.7 Å². The molecule has 34 heavy (non-hydrogen) atoms. The van der Waals surface area contributed by atoms with Gasteiger partial charge in [0.25, 0.3) is 0 Å². The highest BCUT2D eigenvalue weighted by Crippen LogP contribution is 2.31. The number of amides is 1. The number of piperidine rings is 1. The van der Waals surface area contributed by atoms with Crippen LogP contribution in [0.25, 0.3) is 0 Å². The molecule has 9 heteroatoms. The molecule has 0 radical (unpaired) electrons. The lowest BCUT2D eigenvalue weighted by atomic mass is 9.94. The maximum Gasteiger partial charge on any atom is 0.237 e. The van der Waals surface area contributed by atoms with Gasteiger partial charge < -0.3 is 20.7 Å². The van der Waals surface area contributed by atoms with Crippen molar-refractivity contribution in [2.45, 2.75) is 61.0 Å². The van der Waals surface area contributed by atoms with Crippen LogP contribution in [0.1, 0.15) is 38.2 Å². The second-order valence-corrected chi connectivity index (χ2v) is 10.9. The van der Waals surface area contributed by atoms with Crippen LogP contribution in [0.3, 0.4) is 0 Å². The van der Waals surface area contributed by atoms with Gasteiger partial charge >= 0.3 is 0 Å². The Balaban J connectivity index is 1.40. The van der Waals surface area contributed by atoms with E-state index < -0.39 is 15.7 Å². The number of unbranched alkanes of at least 4 members (excludes halogenated alkanes) is 1. The van der Waals surface area contributed by atoms with E-state index in [2.05, 4.69) is 16.0 Å². The Kier molecular flexibility index (Phi) is 7.85. The molecule has 2 aliphatic heterocycles. The lowest BCUT2D eigenvalue weighted by Gasteiger charge is -2.25. The van der Waals surface area contributed by atoms with Crippen LogP contribution in [0.15, 0.2) is 52.3 Å². The Bertz CT molecular complexity index is 1090. The summed E-state index contributed by atoms with van der Waals surface area (Å²) in [5.74, 6) is -0.0870. The highest BCUT2D eigenvalue weighted by atomic mass is 32.2. The number of hydrogen-bond acceptors (Lipinski definition) is 6. The molecular formula is C25H32FN3O4S. The maximum atomic E-state index is 13.7. The van der Waals surface area contributed by atoms with Gasteiger partial charge in [0.2, 0.25) is 15.7 Å². The zero-order valence-electron chi connectivity index (χ0n) is 19.3. The van der Waals surface area contributed by atoms with Crippen molar-refractivity contribution in [1.82, 2.24) is 16.0 Å². The van der Waals surface area contributed by atoms with Gasteiger partial charge in [-0.1, -0.05) is 25.5 Å². The highest BCUT2D eigenvalue weighted by Gasteiger charge is 2.38. The van der Waals surface area contributed by atoms with Crippen LogP contribution in [-0.2, 0) is 21.2 Å². The third kappa shape index (κ3) is 5.59. The Morgan fingerprint density at radius 3 is 2.74 bits per heavy atom. The van der Waals surface area contributed by atoms with E-state index in [1.54, 1.807) is 12.1 Å². The van der Waals surface area contributed by atoms with Gasteiger partial charge in [-0.2, -0.15) is 0 Å². The van der Waals surface area contributed by atoms with Crippen LogP contribution in [-0.4, -0.2) is 46.1 Å². The van der Waals surface area contributed by atoms with Crippen molar-refractivity contribution < 1.29 is 22.3 Å². The zero-order valence-corrected chi connectivity index (χ0v) is 20.2. The van der Waals surface area contributed by atoms with E-state index in [4.69, 9.17) is 4.74 Å². The van der Waals surface area contributed by atoms with Crippen molar-refractivity contribution in [1.29, 1.82) is 0 Å². The van der Waals surface area contributed by atoms with Gasteiger partial charge in [-0.05, 0) is 68.1 Å². The SMILES string of the molecule is CCCCOc1cc(F)ccc1S(=O)(=O)c1ccc(CNC(=O)C2CC3CNCCC3N2)cc1. The summed E-state index contributed by atoms with van der Waals surface area (Å²) in [5, 5.41) is 9.76. The molecule has 3 unspecified atom stereocenters. The second-order valence-electron chi connectivity index (χ2n) is 8.97. The van der Waals surface area contributed by atoms with Crippen LogP contribution in [0, 0.1) is 11.7 Å². The fraction of sp³-hybridized carbons (Fsp3) is 0.480. The van der Waals surface area contributed by atoms with Crippen molar-refractivity contribution >= 4 is 15.7 Å². The molecule has 2 aliphatic rings. The molecule has 4 rings (SSSR count). The van der Waals surface area contributed by atoms with Crippen molar-refractivity contribution in [3.05, 3.63) is 53.8 Å². The molecule has 2 aromatic rings. The first-order chi connectivity index (χ1) is 16.4. The molecule has 2 fully saturated rings. The number of fused-ring (bicyclic) bond motifs is 1. The molecule has 184 valence electrons. The molecule has 0 bridgehead atoms. The van der Waals surface area contributed by atoms with Crippen LogP contribution in [0.4, 0.5) is 4.39 Å². The normalized spacial score (nSPS) is 22.2. The van der Waals surface area contributed by atoms with Gasteiger partial charge in [0, 0.05) is 18.7 Å². The second kappa shape index (κ2) is 10.8. The van der Waals surface area contributed by atoms with Crippen molar-refractivity contribution in [3.63, 3.8) is 0 Å². The Labute approximate surface area is 200 Å². The number of carbonyl (C=O) groups excluding carboxylic acids is 1. The molecule has 7 nitrogen and oxygen atoms in total. The molecule has 0 aliphatic carbocycles. The number of benzene rings is 2. The fourth-order valence-corrected chi connectivity index (χ4v) is 5.95. The predicted molar refractivity (Wildman–Crippen MR) is 127 cm³/mol. The molecule has 0 spiro atoms. The summed E-state index contributed by atoms with van der Waals surface area (Å²) in [5.41, 5.74) is 0.794. The quantitative estimate of drug-likeness (QED) is 0.370. The molecule has 0 saturated carbocycles. The molecule has 3 atom stereocenters. The highest BCUT2D eigenvalue weighted by molar-refractivity contribution is 7.91. The first kappa shape index (κ1) is 24.6. The average molecular weight is 490 g/mol. The van der Waals surface area contributed by atoms with Crippen molar-refractivity contribution in [2.24, 2.45) is 5.92 Å². The van der Waals surface area contributed by atoms with Gasteiger partial charge in [-0.3, -0.25) is 4.79 Å².